The number of carbonyl (C=O) groups is 3. The Hall–Kier alpha value is -3.35. The van der Waals surface area contributed by atoms with E-state index in [0.29, 0.717) is 12.8 Å². The second kappa shape index (κ2) is 9.72. The molecule has 2 saturated carbocycles. The molecule has 3 aliphatic rings. The van der Waals surface area contributed by atoms with E-state index in [1.54, 1.807) is 0 Å². The van der Waals surface area contributed by atoms with Crippen LogP contribution in [0, 0.1) is 5.92 Å². The van der Waals surface area contributed by atoms with Crippen molar-refractivity contribution >= 4 is 18.0 Å². The second-order valence-electron chi connectivity index (χ2n) is 10.2. The summed E-state index contributed by atoms with van der Waals surface area (Å²) < 4.78 is 5.69. The van der Waals surface area contributed by atoms with Gasteiger partial charge in [0.15, 0.2) is 0 Å². The van der Waals surface area contributed by atoms with Crippen molar-refractivity contribution in [3.8, 4) is 11.1 Å². The summed E-state index contributed by atoms with van der Waals surface area (Å²) in [7, 11) is 0. The van der Waals surface area contributed by atoms with Gasteiger partial charge in [0, 0.05) is 18.4 Å². The molecule has 7 heteroatoms. The predicted octanol–water partition coefficient (Wildman–Crippen LogP) is 4.60. The SMILES string of the molecule is O=C(O)CC(NC(=O)CC1(NC(=O)OCC2c3ccccc3-c3ccccc32)CCC1)C1CCC1. The number of benzene rings is 2. The van der Waals surface area contributed by atoms with Gasteiger partial charge >= 0.3 is 12.1 Å². The smallest absolute Gasteiger partial charge is 0.407 e. The van der Waals surface area contributed by atoms with Crippen molar-refractivity contribution in [3.05, 3.63) is 59.7 Å². The molecular weight excluding hydrogens is 444 g/mol. The maximum atomic E-state index is 12.8. The van der Waals surface area contributed by atoms with E-state index in [1.807, 2.05) is 24.3 Å². The maximum Gasteiger partial charge on any atom is 0.407 e. The number of carboxylic acids is 1. The molecule has 1 unspecified atom stereocenters. The van der Waals surface area contributed by atoms with Crippen molar-refractivity contribution in [2.75, 3.05) is 6.61 Å². The number of hydrogen-bond donors (Lipinski definition) is 3. The summed E-state index contributed by atoms with van der Waals surface area (Å²) in [5, 5.41) is 15.1. The van der Waals surface area contributed by atoms with Crippen molar-refractivity contribution in [2.45, 2.75) is 68.9 Å². The number of carboxylic acid groups (broad SMARTS) is 1. The maximum absolute atomic E-state index is 12.8. The van der Waals surface area contributed by atoms with Gasteiger partial charge < -0.3 is 20.5 Å². The molecule has 35 heavy (non-hydrogen) atoms. The number of fused-ring (bicyclic) bond motifs is 3. The van der Waals surface area contributed by atoms with Crippen LogP contribution in [0.4, 0.5) is 4.79 Å². The molecule has 0 aromatic heterocycles. The van der Waals surface area contributed by atoms with Crippen LogP contribution in [0.5, 0.6) is 0 Å². The van der Waals surface area contributed by atoms with E-state index >= 15 is 0 Å². The highest BCUT2D eigenvalue weighted by Crippen LogP contribution is 2.44. The number of aliphatic carboxylic acids is 1. The fourth-order valence-electron chi connectivity index (χ4n) is 5.73. The summed E-state index contributed by atoms with van der Waals surface area (Å²) in [4.78, 5) is 36.9. The Morgan fingerprint density at radius 3 is 2.11 bits per heavy atom. The zero-order chi connectivity index (χ0) is 24.4. The van der Waals surface area contributed by atoms with E-state index in [2.05, 4.69) is 34.9 Å². The van der Waals surface area contributed by atoms with Crippen LogP contribution in [0.2, 0.25) is 0 Å². The lowest BCUT2D eigenvalue weighted by Crippen LogP contribution is -2.57. The number of carbonyl (C=O) groups excluding carboxylic acids is 2. The molecule has 5 rings (SSSR count). The summed E-state index contributed by atoms with van der Waals surface area (Å²) in [6, 6.07) is 16.0. The minimum atomic E-state index is -0.905. The minimum Gasteiger partial charge on any atom is -0.481 e. The fraction of sp³-hybridized carbons (Fsp3) is 0.464. The summed E-state index contributed by atoms with van der Waals surface area (Å²) in [5.41, 5.74) is 4.03. The summed E-state index contributed by atoms with van der Waals surface area (Å²) in [5.74, 6) is -0.908. The van der Waals surface area contributed by atoms with Crippen molar-refractivity contribution in [1.82, 2.24) is 10.6 Å². The molecule has 0 bridgehead atoms. The Bertz CT molecular complexity index is 1080. The van der Waals surface area contributed by atoms with Crippen LogP contribution in [-0.4, -0.2) is 41.3 Å². The Morgan fingerprint density at radius 2 is 1.60 bits per heavy atom. The van der Waals surface area contributed by atoms with Gasteiger partial charge in [0.25, 0.3) is 0 Å². The van der Waals surface area contributed by atoms with Crippen LogP contribution in [0.1, 0.15) is 68.4 Å². The first-order valence-electron chi connectivity index (χ1n) is 12.6. The van der Waals surface area contributed by atoms with Crippen molar-refractivity contribution < 1.29 is 24.2 Å². The van der Waals surface area contributed by atoms with Gasteiger partial charge in [-0.1, -0.05) is 55.0 Å². The van der Waals surface area contributed by atoms with Crippen molar-refractivity contribution in [1.29, 1.82) is 0 Å². The molecule has 3 aliphatic carbocycles. The number of ether oxygens (including phenoxy) is 1. The lowest BCUT2D eigenvalue weighted by atomic mass is 9.74. The molecule has 0 radical (unpaired) electrons. The average molecular weight is 477 g/mol. The normalized spacial score (nSPS) is 18.9. The lowest BCUT2D eigenvalue weighted by molar-refractivity contribution is -0.138. The van der Waals surface area contributed by atoms with Gasteiger partial charge in [-0.3, -0.25) is 9.59 Å². The molecule has 1 atom stereocenters. The zero-order valence-electron chi connectivity index (χ0n) is 19.8. The quantitative estimate of drug-likeness (QED) is 0.491. The van der Waals surface area contributed by atoms with E-state index in [-0.39, 0.29) is 43.2 Å². The number of amides is 2. The highest BCUT2D eigenvalue weighted by molar-refractivity contribution is 5.81. The zero-order valence-corrected chi connectivity index (χ0v) is 19.8. The molecule has 2 amide bonds. The highest BCUT2D eigenvalue weighted by atomic mass is 16.5. The molecule has 0 heterocycles. The number of alkyl carbamates (subject to hydrolysis) is 1. The molecule has 2 fully saturated rings. The molecule has 0 spiro atoms. The number of nitrogens with one attached hydrogen (secondary N) is 2. The molecular formula is C28H32N2O5. The molecule has 3 N–H and O–H groups in total. The second-order valence-corrected chi connectivity index (χ2v) is 10.2. The Morgan fingerprint density at radius 1 is 0.971 bits per heavy atom. The van der Waals surface area contributed by atoms with Gasteiger partial charge in [-0.15, -0.1) is 0 Å². The van der Waals surface area contributed by atoms with E-state index in [9.17, 15) is 19.5 Å². The molecule has 2 aromatic carbocycles. The van der Waals surface area contributed by atoms with Crippen LogP contribution in [0.3, 0.4) is 0 Å². The average Bonchev–Trinajstić information content (AvgIpc) is 3.08. The summed E-state index contributed by atoms with van der Waals surface area (Å²) in [6.07, 6.45) is 4.86. The lowest BCUT2D eigenvalue weighted by Gasteiger charge is -2.42. The Balaban J connectivity index is 1.18. The van der Waals surface area contributed by atoms with Crippen LogP contribution < -0.4 is 10.6 Å². The first-order chi connectivity index (χ1) is 16.9. The molecule has 0 aliphatic heterocycles. The molecule has 0 saturated heterocycles. The first kappa shape index (κ1) is 23.4. The highest BCUT2D eigenvalue weighted by Gasteiger charge is 2.42. The topological polar surface area (TPSA) is 105 Å². The number of hydrogen-bond acceptors (Lipinski definition) is 4. The van der Waals surface area contributed by atoms with Crippen LogP contribution in [0.25, 0.3) is 11.1 Å². The van der Waals surface area contributed by atoms with Gasteiger partial charge in [-0.2, -0.15) is 0 Å². The van der Waals surface area contributed by atoms with E-state index in [0.717, 1.165) is 36.8 Å². The third-order valence-corrected chi connectivity index (χ3v) is 7.98. The Labute approximate surface area is 205 Å². The Kier molecular flexibility index (Phi) is 6.50. The fourth-order valence-corrected chi connectivity index (χ4v) is 5.73. The monoisotopic (exact) mass is 476 g/mol. The van der Waals surface area contributed by atoms with Crippen molar-refractivity contribution in [2.24, 2.45) is 5.92 Å². The minimum absolute atomic E-state index is 0.0203. The molecule has 184 valence electrons. The van der Waals surface area contributed by atoms with Crippen molar-refractivity contribution in [3.63, 3.8) is 0 Å². The standard InChI is InChI=1S/C28H32N2O5/c31-25(29-24(15-26(32)33)18-7-5-8-18)16-28(13-6-14-28)30-27(34)35-17-23-21-11-3-1-9-19(21)20-10-2-4-12-22(20)23/h1-4,9-12,18,23-24H,5-8,13-17H2,(H,29,31)(H,30,34)(H,32,33). The van der Waals surface area contributed by atoms with E-state index < -0.39 is 17.6 Å². The van der Waals surface area contributed by atoms with Crippen LogP contribution in [-0.2, 0) is 14.3 Å². The van der Waals surface area contributed by atoms with Gasteiger partial charge in [-0.05, 0) is 60.3 Å². The molecule has 2 aromatic rings. The van der Waals surface area contributed by atoms with Gasteiger partial charge in [0.1, 0.15) is 6.61 Å². The van der Waals surface area contributed by atoms with E-state index in [4.69, 9.17) is 4.74 Å². The largest absolute Gasteiger partial charge is 0.481 e. The summed E-state index contributed by atoms with van der Waals surface area (Å²) >= 11 is 0. The number of rotatable bonds is 9. The third-order valence-electron chi connectivity index (χ3n) is 7.98. The van der Waals surface area contributed by atoms with Gasteiger partial charge in [0.05, 0.1) is 12.0 Å². The van der Waals surface area contributed by atoms with Gasteiger partial charge in [0.2, 0.25) is 5.91 Å². The van der Waals surface area contributed by atoms with Crippen LogP contribution in [0.15, 0.2) is 48.5 Å². The first-order valence-corrected chi connectivity index (χ1v) is 12.6. The van der Waals surface area contributed by atoms with Gasteiger partial charge in [-0.25, -0.2) is 4.79 Å². The predicted molar refractivity (Wildman–Crippen MR) is 131 cm³/mol. The van der Waals surface area contributed by atoms with Crippen LogP contribution >= 0.6 is 0 Å². The van der Waals surface area contributed by atoms with E-state index in [1.165, 1.54) is 11.1 Å². The third kappa shape index (κ3) is 4.90. The molecule has 7 nitrogen and oxygen atoms in total. The summed E-state index contributed by atoms with van der Waals surface area (Å²) in [6.45, 7) is 0.227.